The summed E-state index contributed by atoms with van der Waals surface area (Å²) in [5.41, 5.74) is 0.738. The zero-order valence-corrected chi connectivity index (χ0v) is 20.7. The first kappa shape index (κ1) is 24.0. The van der Waals surface area contributed by atoms with Gasteiger partial charge in [-0.15, -0.1) is 11.8 Å². The molecule has 1 aromatic rings. The molecule has 1 N–H and O–H groups in total. The van der Waals surface area contributed by atoms with E-state index in [1.807, 2.05) is 11.8 Å². The topological polar surface area (TPSA) is 93.9 Å². The van der Waals surface area contributed by atoms with Gasteiger partial charge in [0.15, 0.2) is 8.32 Å². The van der Waals surface area contributed by atoms with Crippen LogP contribution in [0.25, 0.3) is 0 Å². The highest BCUT2D eigenvalue weighted by Gasteiger charge is 2.46. The van der Waals surface area contributed by atoms with Crippen LogP contribution >= 0.6 is 11.8 Å². The van der Waals surface area contributed by atoms with E-state index in [9.17, 15) is 14.9 Å². The number of ether oxygens (including phenoxy) is 1. The van der Waals surface area contributed by atoms with Crippen molar-refractivity contribution in [1.29, 1.82) is 0 Å². The Bertz CT molecular complexity index is 793. The third-order valence-electron chi connectivity index (χ3n) is 6.41. The molecule has 2 aliphatic rings. The van der Waals surface area contributed by atoms with E-state index in [0.29, 0.717) is 6.54 Å². The van der Waals surface area contributed by atoms with Gasteiger partial charge >= 0.3 is 6.09 Å². The standard InChI is InChI=1S/C21H33N3O5SSi/c1-21(2,3)31(4,5)29-17-12-18(19-22-10-11-30-19)23(13-17)20(25)28-14-15-6-8-16(9-7-15)24(26)27/h6-9,17-19,22H,10-14H2,1-5H3. The third kappa shape index (κ3) is 5.79. The summed E-state index contributed by atoms with van der Waals surface area (Å²) in [5, 5.41) is 14.6. The molecular formula is C21H33N3O5SSi. The van der Waals surface area contributed by atoms with Crippen LogP contribution in [-0.2, 0) is 15.8 Å². The van der Waals surface area contributed by atoms with Gasteiger partial charge in [0.25, 0.3) is 5.69 Å². The number of thioether (sulfide) groups is 1. The molecule has 2 aliphatic heterocycles. The highest BCUT2D eigenvalue weighted by atomic mass is 32.2. The summed E-state index contributed by atoms with van der Waals surface area (Å²) in [6.07, 6.45) is 0.434. The molecule has 0 saturated carbocycles. The normalized spacial score (nSPS) is 24.4. The maximum absolute atomic E-state index is 13.0. The van der Waals surface area contributed by atoms with Crippen LogP contribution in [0.5, 0.6) is 0 Å². The van der Waals surface area contributed by atoms with Crippen LogP contribution in [0.2, 0.25) is 18.1 Å². The number of amides is 1. The molecule has 2 fully saturated rings. The first-order valence-electron chi connectivity index (χ1n) is 10.7. The predicted molar refractivity (Wildman–Crippen MR) is 125 cm³/mol. The maximum Gasteiger partial charge on any atom is 0.410 e. The smallest absolute Gasteiger partial charge is 0.410 e. The van der Waals surface area contributed by atoms with Crippen LogP contribution in [0, 0.1) is 10.1 Å². The van der Waals surface area contributed by atoms with Gasteiger partial charge in [0.1, 0.15) is 6.61 Å². The van der Waals surface area contributed by atoms with E-state index in [0.717, 1.165) is 24.3 Å². The quantitative estimate of drug-likeness (QED) is 0.377. The summed E-state index contributed by atoms with van der Waals surface area (Å²) in [5.74, 6) is 1.03. The molecule has 0 aliphatic carbocycles. The molecule has 172 valence electrons. The summed E-state index contributed by atoms with van der Waals surface area (Å²) in [6, 6.07) is 6.09. The van der Waals surface area contributed by atoms with E-state index < -0.39 is 13.2 Å². The Kier molecular flexibility index (Phi) is 7.34. The number of nitro groups is 1. The average molecular weight is 468 g/mol. The molecule has 10 heteroatoms. The number of hydrogen-bond donors (Lipinski definition) is 1. The number of likely N-dealkylation sites (tertiary alicyclic amines) is 1. The average Bonchev–Trinajstić information content (AvgIpc) is 3.35. The fourth-order valence-electron chi connectivity index (χ4n) is 3.64. The van der Waals surface area contributed by atoms with Gasteiger partial charge in [0, 0.05) is 31.0 Å². The van der Waals surface area contributed by atoms with Crippen molar-refractivity contribution in [1.82, 2.24) is 10.2 Å². The van der Waals surface area contributed by atoms with E-state index in [2.05, 4.69) is 39.2 Å². The fourth-order valence-corrected chi connectivity index (χ4v) is 6.20. The van der Waals surface area contributed by atoms with Gasteiger partial charge in [-0.25, -0.2) is 4.79 Å². The fraction of sp³-hybridized carbons (Fsp3) is 0.667. The van der Waals surface area contributed by atoms with E-state index in [4.69, 9.17) is 9.16 Å². The van der Waals surface area contributed by atoms with Gasteiger partial charge in [0.05, 0.1) is 22.4 Å². The zero-order valence-electron chi connectivity index (χ0n) is 18.9. The first-order valence-corrected chi connectivity index (χ1v) is 14.6. The maximum atomic E-state index is 13.0. The molecule has 8 nitrogen and oxygen atoms in total. The number of carbonyl (C=O) groups is 1. The van der Waals surface area contributed by atoms with Gasteiger partial charge in [0.2, 0.25) is 0 Å². The van der Waals surface area contributed by atoms with Gasteiger partial charge in [-0.05, 0) is 42.2 Å². The lowest BCUT2D eigenvalue weighted by Gasteiger charge is -2.38. The molecule has 0 radical (unpaired) electrons. The van der Waals surface area contributed by atoms with Crippen molar-refractivity contribution in [3.63, 3.8) is 0 Å². The summed E-state index contributed by atoms with van der Waals surface area (Å²) in [6.45, 7) is 12.7. The zero-order chi connectivity index (χ0) is 22.8. The summed E-state index contributed by atoms with van der Waals surface area (Å²) in [4.78, 5) is 25.1. The Morgan fingerprint density at radius 3 is 2.55 bits per heavy atom. The van der Waals surface area contributed by atoms with E-state index in [1.54, 1.807) is 17.0 Å². The van der Waals surface area contributed by atoms with E-state index in [1.165, 1.54) is 12.1 Å². The molecule has 3 rings (SSSR count). The second kappa shape index (κ2) is 9.48. The van der Waals surface area contributed by atoms with Crippen LogP contribution in [0.3, 0.4) is 0 Å². The molecule has 0 spiro atoms. The largest absolute Gasteiger partial charge is 0.445 e. The molecule has 1 amide bonds. The van der Waals surface area contributed by atoms with Gasteiger partial charge in [-0.3, -0.25) is 10.1 Å². The van der Waals surface area contributed by atoms with Crippen molar-refractivity contribution in [3.05, 3.63) is 39.9 Å². The van der Waals surface area contributed by atoms with Crippen LogP contribution in [0.4, 0.5) is 10.5 Å². The number of nitrogens with zero attached hydrogens (tertiary/aromatic N) is 2. The molecular weight excluding hydrogens is 434 g/mol. The first-order chi connectivity index (χ1) is 14.5. The molecule has 2 saturated heterocycles. The van der Waals surface area contributed by atoms with Crippen molar-refractivity contribution in [2.45, 2.75) is 69.5 Å². The molecule has 0 bridgehead atoms. The lowest BCUT2D eigenvalue weighted by molar-refractivity contribution is -0.384. The second-order valence-corrected chi connectivity index (χ2v) is 15.7. The Labute approximate surface area is 189 Å². The number of benzene rings is 1. The monoisotopic (exact) mass is 467 g/mol. The lowest BCUT2D eigenvalue weighted by Crippen LogP contribution is -2.46. The van der Waals surface area contributed by atoms with Crippen molar-refractivity contribution >= 4 is 31.9 Å². The minimum Gasteiger partial charge on any atom is -0.445 e. The van der Waals surface area contributed by atoms with Crippen molar-refractivity contribution in [3.8, 4) is 0 Å². The van der Waals surface area contributed by atoms with Gasteiger partial charge in [-0.1, -0.05) is 20.8 Å². The summed E-state index contributed by atoms with van der Waals surface area (Å²) < 4.78 is 12.2. The molecule has 0 aromatic heterocycles. The number of hydrogen-bond acceptors (Lipinski definition) is 7. The van der Waals surface area contributed by atoms with Crippen LogP contribution < -0.4 is 5.32 Å². The Morgan fingerprint density at radius 1 is 1.32 bits per heavy atom. The number of non-ortho nitro benzene ring substituents is 1. The number of nitro benzene ring substituents is 1. The Hall–Kier alpha value is -1.62. The lowest BCUT2D eigenvalue weighted by atomic mass is 10.2. The minimum atomic E-state index is -1.95. The van der Waals surface area contributed by atoms with Gasteiger partial charge < -0.3 is 19.4 Å². The number of nitrogens with one attached hydrogen (secondary N) is 1. The van der Waals surface area contributed by atoms with Crippen molar-refractivity contribution < 1.29 is 18.9 Å². The highest BCUT2D eigenvalue weighted by molar-refractivity contribution is 8.00. The number of rotatable bonds is 6. The summed E-state index contributed by atoms with van der Waals surface area (Å²) in [7, 11) is -1.95. The summed E-state index contributed by atoms with van der Waals surface area (Å²) >= 11 is 1.84. The molecule has 3 unspecified atom stereocenters. The highest BCUT2D eigenvalue weighted by Crippen LogP contribution is 2.40. The van der Waals surface area contributed by atoms with Crippen LogP contribution in [-0.4, -0.2) is 60.6 Å². The van der Waals surface area contributed by atoms with Gasteiger partial charge in [-0.2, -0.15) is 0 Å². The second-order valence-electron chi connectivity index (χ2n) is 9.68. The van der Waals surface area contributed by atoms with E-state index in [-0.39, 0.29) is 40.9 Å². The SMILES string of the molecule is CC(C)(C)[Si](C)(C)OC1CC(C2NCCS2)N(C(=O)OCc2ccc([N+](=O)[O-])cc2)C1. The minimum absolute atomic E-state index is 0.000756. The van der Waals surface area contributed by atoms with Crippen molar-refractivity contribution in [2.75, 3.05) is 18.8 Å². The third-order valence-corrected chi connectivity index (χ3v) is 12.2. The molecule has 3 atom stereocenters. The molecule has 2 heterocycles. The van der Waals surface area contributed by atoms with Crippen molar-refractivity contribution in [2.24, 2.45) is 0 Å². The molecule has 1 aromatic carbocycles. The Balaban J connectivity index is 1.66. The van der Waals surface area contributed by atoms with Crippen LogP contribution in [0.1, 0.15) is 32.8 Å². The predicted octanol–water partition coefficient (Wildman–Crippen LogP) is 4.36. The molecule has 31 heavy (non-hydrogen) atoms. The Morgan fingerprint density at radius 2 is 2.00 bits per heavy atom. The van der Waals surface area contributed by atoms with E-state index >= 15 is 0 Å². The number of carbonyl (C=O) groups excluding carboxylic acids is 1. The van der Waals surface area contributed by atoms with Crippen LogP contribution in [0.15, 0.2) is 24.3 Å².